The number of ether oxygens (including phenoxy) is 1. The summed E-state index contributed by atoms with van der Waals surface area (Å²) in [5.74, 6) is 0. The van der Waals surface area contributed by atoms with Gasteiger partial charge in [-0.25, -0.2) is 0 Å². The lowest BCUT2D eigenvalue weighted by atomic mass is 10.1. The van der Waals surface area contributed by atoms with Crippen LogP contribution in [0.5, 0.6) is 0 Å². The molecule has 5 heteroatoms. The summed E-state index contributed by atoms with van der Waals surface area (Å²) in [7, 11) is 0. The Kier molecular flexibility index (Phi) is 6.13. The number of amides is 1. The van der Waals surface area contributed by atoms with Gasteiger partial charge >= 0.3 is 0 Å². The highest BCUT2D eigenvalue weighted by molar-refractivity contribution is 6.67. The van der Waals surface area contributed by atoms with Crippen LogP contribution >= 0.6 is 11.6 Å². The number of hydrogen-bond acceptors (Lipinski definition) is 3. The molecular formula is C17H16ClNO3. The molecular weight excluding hydrogens is 302 g/mol. The zero-order valence-electron chi connectivity index (χ0n) is 11.9. The quantitative estimate of drug-likeness (QED) is 0.601. The van der Waals surface area contributed by atoms with Crippen LogP contribution in [0.3, 0.4) is 0 Å². The molecule has 0 fully saturated rings. The lowest BCUT2D eigenvalue weighted by molar-refractivity contribution is -0.110. The number of hydrogen-bond donors (Lipinski definition) is 1. The Morgan fingerprint density at radius 3 is 2.41 bits per heavy atom. The van der Waals surface area contributed by atoms with E-state index < -0.39 is 5.24 Å². The van der Waals surface area contributed by atoms with E-state index in [1.807, 2.05) is 30.3 Å². The summed E-state index contributed by atoms with van der Waals surface area (Å²) in [5, 5.41) is 2.12. The highest BCUT2D eigenvalue weighted by atomic mass is 35.5. The Morgan fingerprint density at radius 2 is 1.82 bits per heavy atom. The fourth-order valence-electron chi connectivity index (χ4n) is 2.03. The number of carbonyl (C=O) groups is 2. The predicted molar refractivity (Wildman–Crippen MR) is 84.7 cm³/mol. The van der Waals surface area contributed by atoms with Gasteiger partial charge in [0, 0.05) is 12.1 Å². The molecule has 1 unspecified atom stereocenters. The fourth-order valence-corrected chi connectivity index (χ4v) is 2.15. The zero-order chi connectivity index (χ0) is 15.8. The average molecular weight is 318 g/mol. The maximum atomic E-state index is 11.1. The van der Waals surface area contributed by atoms with Crippen LogP contribution in [0.1, 0.15) is 27.6 Å². The molecule has 0 saturated heterocycles. The molecule has 2 aromatic carbocycles. The second-order valence-corrected chi connectivity index (χ2v) is 5.05. The SMILES string of the molecule is O=CNCC(OCc1ccccc1)c1ccc(C(=O)Cl)cc1. The number of benzene rings is 2. The van der Waals surface area contributed by atoms with Gasteiger partial charge in [-0.1, -0.05) is 42.5 Å². The first-order valence-corrected chi connectivity index (χ1v) is 7.21. The number of carbonyl (C=O) groups excluding carboxylic acids is 2. The topological polar surface area (TPSA) is 55.4 Å². The molecule has 4 nitrogen and oxygen atoms in total. The van der Waals surface area contributed by atoms with E-state index in [1.165, 1.54) is 0 Å². The van der Waals surface area contributed by atoms with Crippen molar-refractivity contribution in [1.29, 1.82) is 0 Å². The molecule has 22 heavy (non-hydrogen) atoms. The predicted octanol–water partition coefficient (Wildman–Crippen LogP) is 3.07. The van der Waals surface area contributed by atoms with Crippen molar-refractivity contribution in [1.82, 2.24) is 5.32 Å². The average Bonchev–Trinajstić information content (AvgIpc) is 2.56. The monoisotopic (exact) mass is 317 g/mol. The van der Waals surface area contributed by atoms with Crippen LogP contribution in [0.25, 0.3) is 0 Å². The first-order chi connectivity index (χ1) is 10.7. The molecule has 0 aromatic heterocycles. The normalized spacial score (nSPS) is 11.7. The molecule has 0 heterocycles. The highest BCUT2D eigenvalue weighted by Crippen LogP contribution is 2.20. The molecule has 2 rings (SSSR count). The molecule has 1 atom stereocenters. The summed E-state index contributed by atoms with van der Waals surface area (Å²) in [5.41, 5.74) is 2.34. The third-order valence-corrected chi connectivity index (χ3v) is 3.41. The Labute approximate surface area is 134 Å². The van der Waals surface area contributed by atoms with E-state index in [9.17, 15) is 9.59 Å². The van der Waals surface area contributed by atoms with Gasteiger partial charge in [0.2, 0.25) is 6.41 Å². The fraction of sp³-hybridized carbons (Fsp3) is 0.176. The van der Waals surface area contributed by atoms with Gasteiger partial charge in [0.05, 0.1) is 6.61 Å². The van der Waals surface area contributed by atoms with E-state index >= 15 is 0 Å². The van der Waals surface area contributed by atoms with Crippen LogP contribution in [0.4, 0.5) is 0 Å². The second kappa shape index (κ2) is 8.32. The van der Waals surface area contributed by atoms with Gasteiger partial charge in [0.15, 0.2) is 0 Å². The van der Waals surface area contributed by atoms with Crippen molar-refractivity contribution in [3.8, 4) is 0 Å². The molecule has 0 radical (unpaired) electrons. The molecule has 1 amide bonds. The van der Waals surface area contributed by atoms with Crippen LogP contribution in [-0.2, 0) is 16.1 Å². The van der Waals surface area contributed by atoms with Crippen molar-refractivity contribution in [2.45, 2.75) is 12.7 Å². The van der Waals surface area contributed by atoms with Gasteiger partial charge < -0.3 is 10.1 Å². The maximum Gasteiger partial charge on any atom is 0.252 e. The van der Waals surface area contributed by atoms with E-state index in [0.717, 1.165) is 11.1 Å². The maximum absolute atomic E-state index is 11.1. The Morgan fingerprint density at radius 1 is 1.14 bits per heavy atom. The summed E-state index contributed by atoms with van der Waals surface area (Å²) < 4.78 is 5.88. The first-order valence-electron chi connectivity index (χ1n) is 6.83. The number of nitrogens with one attached hydrogen (secondary N) is 1. The largest absolute Gasteiger partial charge is 0.367 e. The molecule has 0 aliphatic heterocycles. The smallest absolute Gasteiger partial charge is 0.252 e. The van der Waals surface area contributed by atoms with Crippen LogP contribution in [0.2, 0.25) is 0 Å². The van der Waals surface area contributed by atoms with Crippen molar-refractivity contribution in [3.05, 3.63) is 71.3 Å². The number of halogens is 1. The lowest BCUT2D eigenvalue weighted by Crippen LogP contribution is -2.22. The van der Waals surface area contributed by atoms with E-state index in [4.69, 9.17) is 16.3 Å². The summed E-state index contributed by atoms with van der Waals surface area (Å²) in [6, 6.07) is 16.6. The molecule has 1 N–H and O–H groups in total. The Bertz CT molecular complexity index is 614. The molecule has 0 spiro atoms. The van der Waals surface area contributed by atoms with Crippen molar-refractivity contribution >= 4 is 23.3 Å². The molecule has 0 saturated carbocycles. The van der Waals surface area contributed by atoms with E-state index in [1.54, 1.807) is 24.3 Å². The van der Waals surface area contributed by atoms with Gasteiger partial charge in [-0.2, -0.15) is 0 Å². The lowest BCUT2D eigenvalue weighted by Gasteiger charge is -2.18. The highest BCUT2D eigenvalue weighted by Gasteiger charge is 2.13. The van der Waals surface area contributed by atoms with Crippen LogP contribution in [0.15, 0.2) is 54.6 Å². The standard InChI is InChI=1S/C17H16ClNO3/c18-17(21)15-8-6-14(7-9-15)16(10-19-12-20)22-11-13-4-2-1-3-5-13/h1-9,12,16H,10-11H2,(H,19,20). The van der Waals surface area contributed by atoms with Crippen molar-refractivity contribution in [2.75, 3.05) is 6.54 Å². The molecule has 0 aliphatic carbocycles. The van der Waals surface area contributed by atoms with Crippen molar-refractivity contribution < 1.29 is 14.3 Å². The van der Waals surface area contributed by atoms with Crippen molar-refractivity contribution in [2.24, 2.45) is 0 Å². The number of rotatable bonds is 8. The minimum atomic E-state index is -0.501. The van der Waals surface area contributed by atoms with E-state index in [0.29, 0.717) is 25.1 Å². The van der Waals surface area contributed by atoms with Gasteiger partial charge in [-0.15, -0.1) is 0 Å². The van der Waals surface area contributed by atoms with Crippen LogP contribution in [0, 0.1) is 0 Å². The minimum Gasteiger partial charge on any atom is -0.367 e. The van der Waals surface area contributed by atoms with Crippen molar-refractivity contribution in [3.63, 3.8) is 0 Å². The summed E-state index contributed by atoms with van der Waals surface area (Å²) in [6.07, 6.45) is 0.333. The molecule has 0 bridgehead atoms. The van der Waals surface area contributed by atoms with Gasteiger partial charge in [0.1, 0.15) is 6.10 Å². The summed E-state index contributed by atoms with van der Waals surface area (Å²) in [6.45, 7) is 0.784. The van der Waals surface area contributed by atoms with Gasteiger partial charge in [-0.05, 0) is 34.9 Å². The molecule has 0 aliphatic rings. The zero-order valence-corrected chi connectivity index (χ0v) is 12.6. The summed E-state index contributed by atoms with van der Waals surface area (Å²) in [4.78, 5) is 21.6. The minimum absolute atomic E-state index is 0.301. The van der Waals surface area contributed by atoms with Crippen LogP contribution < -0.4 is 5.32 Å². The summed E-state index contributed by atoms with van der Waals surface area (Å²) >= 11 is 5.43. The molecule has 2 aromatic rings. The Hall–Kier alpha value is -2.17. The first kappa shape index (κ1) is 16.2. The Balaban J connectivity index is 2.07. The van der Waals surface area contributed by atoms with Gasteiger partial charge in [0.25, 0.3) is 5.24 Å². The van der Waals surface area contributed by atoms with E-state index in [2.05, 4.69) is 5.32 Å². The third kappa shape index (κ3) is 4.69. The second-order valence-electron chi connectivity index (χ2n) is 4.71. The molecule has 114 valence electrons. The van der Waals surface area contributed by atoms with Crippen LogP contribution in [-0.4, -0.2) is 18.2 Å². The van der Waals surface area contributed by atoms with E-state index in [-0.39, 0.29) is 6.10 Å². The van der Waals surface area contributed by atoms with Gasteiger partial charge in [-0.3, -0.25) is 9.59 Å². The third-order valence-electron chi connectivity index (χ3n) is 3.19.